The average molecular weight is 290 g/mol. The van der Waals surface area contributed by atoms with Gasteiger partial charge in [0.05, 0.1) is 12.6 Å². The topological polar surface area (TPSA) is 52.6 Å². The van der Waals surface area contributed by atoms with Crippen molar-refractivity contribution in [1.29, 1.82) is 0 Å². The highest BCUT2D eigenvalue weighted by molar-refractivity contribution is 5.76. The van der Waals surface area contributed by atoms with Crippen LogP contribution in [0.3, 0.4) is 0 Å². The Labute approximate surface area is 127 Å². The number of hydrogen-bond acceptors (Lipinski definition) is 3. The fourth-order valence-electron chi connectivity index (χ4n) is 2.87. The van der Waals surface area contributed by atoms with Crippen molar-refractivity contribution in [2.75, 3.05) is 26.7 Å². The summed E-state index contributed by atoms with van der Waals surface area (Å²) in [5, 5.41) is 12.4. The molecule has 1 fully saturated rings. The summed E-state index contributed by atoms with van der Waals surface area (Å²) < 4.78 is 0. The van der Waals surface area contributed by atoms with E-state index in [0.717, 1.165) is 25.1 Å². The zero-order chi connectivity index (χ0) is 15.1. The summed E-state index contributed by atoms with van der Waals surface area (Å²) in [6.45, 7) is 2.20. The number of aliphatic hydroxyl groups is 1. The fraction of sp³-hybridized carbons (Fsp3) is 0.588. The molecule has 1 heterocycles. The third-order valence-corrected chi connectivity index (χ3v) is 4.34. The van der Waals surface area contributed by atoms with Gasteiger partial charge in [0.25, 0.3) is 0 Å². The van der Waals surface area contributed by atoms with Gasteiger partial charge in [0.15, 0.2) is 0 Å². The molecule has 116 valence electrons. The van der Waals surface area contributed by atoms with Crippen molar-refractivity contribution in [2.45, 2.75) is 31.7 Å². The minimum atomic E-state index is -0.295. The molecular formula is C17H26N2O2. The molecule has 2 rings (SSSR count). The Bertz CT molecular complexity index is 428. The zero-order valence-corrected chi connectivity index (χ0v) is 12.8. The Morgan fingerprint density at radius 1 is 1.33 bits per heavy atom. The van der Waals surface area contributed by atoms with Crippen LogP contribution in [0.2, 0.25) is 0 Å². The Morgan fingerprint density at radius 2 is 2.00 bits per heavy atom. The van der Waals surface area contributed by atoms with Gasteiger partial charge in [-0.05, 0) is 50.9 Å². The van der Waals surface area contributed by atoms with Gasteiger partial charge in [-0.2, -0.15) is 0 Å². The van der Waals surface area contributed by atoms with Crippen molar-refractivity contribution >= 4 is 5.91 Å². The van der Waals surface area contributed by atoms with Gasteiger partial charge >= 0.3 is 0 Å². The molecule has 1 aromatic carbocycles. The maximum absolute atomic E-state index is 12.1. The molecule has 0 radical (unpaired) electrons. The van der Waals surface area contributed by atoms with E-state index < -0.39 is 0 Å². The van der Waals surface area contributed by atoms with Crippen LogP contribution in [0, 0.1) is 5.92 Å². The standard InChI is InChI=1S/C17H26N2O2/c1-19-11-9-14(10-12-19)7-8-17(21)18-16(13-20)15-5-3-2-4-6-15/h2-6,14,16,20H,7-13H2,1H3,(H,18,21)/t16-/m1/s1. The van der Waals surface area contributed by atoms with Gasteiger partial charge in [-0.1, -0.05) is 30.3 Å². The molecule has 4 nitrogen and oxygen atoms in total. The third kappa shape index (κ3) is 5.14. The van der Waals surface area contributed by atoms with E-state index in [1.165, 1.54) is 12.8 Å². The molecular weight excluding hydrogens is 264 g/mol. The predicted octanol–water partition coefficient (Wildman–Crippen LogP) is 1.96. The Hall–Kier alpha value is -1.39. The third-order valence-electron chi connectivity index (χ3n) is 4.34. The van der Waals surface area contributed by atoms with Crippen LogP contribution in [0.5, 0.6) is 0 Å². The number of rotatable bonds is 6. The molecule has 1 aromatic rings. The lowest BCUT2D eigenvalue weighted by atomic mass is 9.92. The first-order chi connectivity index (χ1) is 10.2. The van der Waals surface area contributed by atoms with Crippen LogP contribution >= 0.6 is 0 Å². The largest absolute Gasteiger partial charge is 0.394 e. The molecule has 1 aliphatic heterocycles. The summed E-state index contributed by atoms with van der Waals surface area (Å²) in [4.78, 5) is 14.4. The number of carbonyl (C=O) groups is 1. The molecule has 0 spiro atoms. The van der Waals surface area contributed by atoms with Crippen LogP contribution in [-0.2, 0) is 4.79 Å². The van der Waals surface area contributed by atoms with E-state index in [9.17, 15) is 9.90 Å². The highest BCUT2D eigenvalue weighted by Crippen LogP contribution is 2.21. The molecule has 21 heavy (non-hydrogen) atoms. The minimum Gasteiger partial charge on any atom is -0.394 e. The lowest BCUT2D eigenvalue weighted by Gasteiger charge is -2.28. The van der Waals surface area contributed by atoms with Crippen LogP contribution in [0.25, 0.3) is 0 Å². The number of piperidine rings is 1. The molecule has 1 atom stereocenters. The number of benzene rings is 1. The zero-order valence-electron chi connectivity index (χ0n) is 12.8. The second-order valence-corrected chi connectivity index (χ2v) is 6.00. The lowest BCUT2D eigenvalue weighted by molar-refractivity contribution is -0.122. The van der Waals surface area contributed by atoms with E-state index in [2.05, 4.69) is 17.3 Å². The number of carbonyl (C=O) groups excluding carboxylic acids is 1. The first-order valence-corrected chi connectivity index (χ1v) is 7.82. The van der Waals surface area contributed by atoms with E-state index in [1.54, 1.807) is 0 Å². The van der Waals surface area contributed by atoms with E-state index in [1.807, 2.05) is 30.3 Å². The molecule has 1 aliphatic rings. The predicted molar refractivity (Wildman–Crippen MR) is 83.9 cm³/mol. The van der Waals surface area contributed by atoms with Gasteiger partial charge < -0.3 is 15.3 Å². The number of hydrogen-bond donors (Lipinski definition) is 2. The van der Waals surface area contributed by atoms with Crippen LogP contribution in [0.15, 0.2) is 30.3 Å². The van der Waals surface area contributed by atoms with Gasteiger partial charge in [-0.25, -0.2) is 0 Å². The molecule has 0 unspecified atom stereocenters. The first kappa shape index (κ1) is 16.0. The molecule has 0 saturated carbocycles. The highest BCUT2D eigenvalue weighted by atomic mass is 16.3. The van der Waals surface area contributed by atoms with Gasteiger partial charge in [-0.3, -0.25) is 4.79 Å². The Balaban J connectivity index is 1.75. The molecule has 2 N–H and O–H groups in total. The van der Waals surface area contributed by atoms with E-state index in [0.29, 0.717) is 12.3 Å². The Kier molecular flexibility index (Phi) is 6.21. The van der Waals surface area contributed by atoms with Crippen molar-refractivity contribution in [1.82, 2.24) is 10.2 Å². The second kappa shape index (κ2) is 8.15. The second-order valence-electron chi connectivity index (χ2n) is 6.00. The molecule has 1 amide bonds. The molecule has 0 aromatic heterocycles. The van der Waals surface area contributed by atoms with Crippen molar-refractivity contribution in [3.63, 3.8) is 0 Å². The monoisotopic (exact) mass is 290 g/mol. The SMILES string of the molecule is CN1CCC(CCC(=O)N[C@H](CO)c2ccccc2)CC1. The quantitative estimate of drug-likeness (QED) is 0.842. The smallest absolute Gasteiger partial charge is 0.220 e. The van der Waals surface area contributed by atoms with Crippen molar-refractivity contribution in [3.8, 4) is 0 Å². The summed E-state index contributed by atoms with van der Waals surface area (Å²) in [5.41, 5.74) is 0.952. The number of amides is 1. The summed E-state index contributed by atoms with van der Waals surface area (Å²) in [7, 11) is 2.15. The number of nitrogens with zero attached hydrogens (tertiary/aromatic N) is 1. The number of aliphatic hydroxyl groups excluding tert-OH is 1. The minimum absolute atomic E-state index is 0.0387. The maximum atomic E-state index is 12.1. The summed E-state index contributed by atoms with van der Waals surface area (Å²) in [5.74, 6) is 0.702. The summed E-state index contributed by atoms with van der Waals surface area (Å²) in [6, 6.07) is 9.33. The fourth-order valence-corrected chi connectivity index (χ4v) is 2.87. The molecule has 4 heteroatoms. The lowest BCUT2D eigenvalue weighted by Crippen LogP contribution is -2.33. The highest BCUT2D eigenvalue weighted by Gasteiger charge is 2.19. The summed E-state index contributed by atoms with van der Waals surface area (Å²) >= 11 is 0. The van der Waals surface area contributed by atoms with Crippen LogP contribution in [0.1, 0.15) is 37.3 Å². The average Bonchev–Trinajstić information content (AvgIpc) is 2.53. The van der Waals surface area contributed by atoms with E-state index in [-0.39, 0.29) is 18.6 Å². The first-order valence-electron chi connectivity index (χ1n) is 7.82. The van der Waals surface area contributed by atoms with Crippen molar-refractivity contribution in [2.24, 2.45) is 5.92 Å². The normalized spacial score (nSPS) is 18.4. The summed E-state index contributed by atoms with van der Waals surface area (Å²) in [6.07, 6.45) is 3.88. The van der Waals surface area contributed by atoms with E-state index in [4.69, 9.17) is 0 Å². The van der Waals surface area contributed by atoms with Crippen molar-refractivity contribution in [3.05, 3.63) is 35.9 Å². The van der Waals surface area contributed by atoms with Gasteiger partial charge in [-0.15, -0.1) is 0 Å². The molecule has 0 bridgehead atoms. The van der Waals surface area contributed by atoms with Gasteiger partial charge in [0, 0.05) is 6.42 Å². The van der Waals surface area contributed by atoms with Crippen LogP contribution in [-0.4, -0.2) is 42.7 Å². The number of likely N-dealkylation sites (tertiary alicyclic amines) is 1. The maximum Gasteiger partial charge on any atom is 0.220 e. The molecule has 0 aliphatic carbocycles. The van der Waals surface area contributed by atoms with Gasteiger partial charge in [0.2, 0.25) is 5.91 Å². The molecule has 1 saturated heterocycles. The van der Waals surface area contributed by atoms with Crippen molar-refractivity contribution < 1.29 is 9.90 Å². The van der Waals surface area contributed by atoms with Gasteiger partial charge in [0.1, 0.15) is 0 Å². The Morgan fingerprint density at radius 3 is 2.62 bits per heavy atom. The van der Waals surface area contributed by atoms with Crippen LogP contribution in [0.4, 0.5) is 0 Å². The van der Waals surface area contributed by atoms with E-state index >= 15 is 0 Å². The van der Waals surface area contributed by atoms with Crippen LogP contribution < -0.4 is 5.32 Å². The number of nitrogens with one attached hydrogen (secondary N) is 1.